The van der Waals surface area contributed by atoms with Crippen LogP contribution in [0.5, 0.6) is 5.88 Å². The van der Waals surface area contributed by atoms with E-state index >= 15 is 4.39 Å². The Labute approximate surface area is 209 Å². The lowest BCUT2D eigenvalue weighted by atomic mass is 10.0. The summed E-state index contributed by atoms with van der Waals surface area (Å²) < 4.78 is 40.5. The maximum absolute atomic E-state index is 15.1. The number of fused-ring (bicyclic) bond motifs is 1. The van der Waals surface area contributed by atoms with Crippen LogP contribution in [0.3, 0.4) is 0 Å². The Balaban J connectivity index is 1.54. The average molecular weight is 499 g/mol. The molecule has 8 nitrogen and oxygen atoms in total. The summed E-state index contributed by atoms with van der Waals surface area (Å²) in [7, 11) is 2.11. The van der Waals surface area contributed by atoms with Crippen molar-refractivity contribution in [1.82, 2.24) is 19.9 Å². The molecule has 192 valence electrons. The number of nitrogens with zero attached hydrogens (tertiary/aromatic N) is 5. The molecule has 2 saturated heterocycles. The third kappa shape index (κ3) is 4.92. The van der Waals surface area contributed by atoms with Gasteiger partial charge in [-0.3, -0.25) is 0 Å². The SMILES string of the molecule is Cc1nc(N[C@H](C)c2cccc(C(C)F)c2F)c2cc(N3CCN(C)CC3)c(OC3COC3)nc2n1. The van der Waals surface area contributed by atoms with E-state index in [1.807, 2.05) is 13.0 Å². The third-order valence-electron chi connectivity index (χ3n) is 6.78. The van der Waals surface area contributed by atoms with Crippen LogP contribution in [0.2, 0.25) is 0 Å². The van der Waals surface area contributed by atoms with Gasteiger partial charge in [-0.15, -0.1) is 0 Å². The normalized spacial score (nSPS) is 18.7. The van der Waals surface area contributed by atoms with Crippen LogP contribution in [0.25, 0.3) is 11.0 Å². The first-order valence-corrected chi connectivity index (χ1v) is 12.4. The fraction of sp³-hybridized carbons (Fsp3) is 0.500. The van der Waals surface area contributed by atoms with E-state index in [0.717, 1.165) is 31.9 Å². The second-order valence-electron chi connectivity index (χ2n) is 9.60. The molecule has 3 aromatic rings. The van der Waals surface area contributed by atoms with E-state index in [2.05, 4.69) is 32.1 Å². The lowest BCUT2D eigenvalue weighted by Gasteiger charge is -2.35. The van der Waals surface area contributed by atoms with Crippen LogP contribution in [-0.2, 0) is 4.74 Å². The van der Waals surface area contributed by atoms with E-state index in [9.17, 15) is 4.39 Å². The number of anilines is 2. The van der Waals surface area contributed by atoms with Crippen molar-refractivity contribution in [3.63, 3.8) is 0 Å². The lowest BCUT2D eigenvalue weighted by Crippen LogP contribution is -2.45. The first-order chi connectivity index (χ1) is 17.3. The predicted molar refractivity (Wildman–Crippen MR) is 135 cm³/mol. The highest BCUT2D eigenvalue weighted by atomic mass is 19.1. The number of aromatic nitrogens is 3. The number of ether oxygens (including phenoxy) is 2. The van der Waals surface area contributed by atoms with E-state index in [-0.39, 0.29) is 11.7 Å². The maximum Gasteiger partial charge on any atom is 0.240 e. The molecule has 0 saturated carbocycles. The zero-order valence-electron chi connectivity index (χ0n) is 21.1. The maximum atomic E-state index is 15.1. The standard InChI is InChI=1S/C26H32F2N6O2/c1-15(27)19-6-5-7-20(23(19)28)16(2)29-24-21-12-22(34-10-8-33(4)9-11-34)26(36-18-13-35-14-18)32-25(21)31-17(3)30-24/h5-7,12,15-16,18H,8-11,13-14H2,1-4H3,(H,29,30,31,32)/t15?,16-/m1/s1. The fourth-order valence-electron chi connectivity index (χ4n) is 4.54. The minimum Gasteiger partial charge on any atom is -0.468 e. The minimum absolute atomic E-state index is 0.0325. The summed E-state index contributed by atoms with van der Waals surface area (Å²) in [5, 5.41) is 4.04. The Bertz CT molecular complexity index is 1240. The van der Waals surface area contributed by atoms with Gasteiger partial charge in [0, 0.05) is 37.3 Å². The number of aryl methyl sites for hydroxylation is 1. The summed E-state index contributed by atoms with van der Waals surface area (Å²) in [4.78, 5) is 18.5. The molecule has 1 N–H and O–H groups in total. The summed E-state index contributed by atoms with van der Waals surface area (Å²) in [6, 6.07) is 6.35. The Morgan fingerprint density at radius 1 is 1.08 bits per heavy atom. The zero-order valence-corrected chi connectivity index (χ0v) is 21.1. The molecule has 10 heteroatoms. The van der Waals surface area contributed by atoms with Crippen LogP contribution >= 0.6 is 0 Å². The molecule has 2 aliphatic heterocycles. The van der Waals surface area contributed by atoms with Gasteiger partial charge in [-0.25, -0.2) is 18.7 Å². The Morgan fingerprint density at radius 2 is 1.81 bits per heavy atom. The Morgan fingerprint density at radius 3 is 2.47 bits per heavy atom. The molecule has 0 spiro atoms. The van der Waals surface area contributed by atoms with Crippen LogP contribution in [0, 0.1) is 12.7 Å². The van der Waals surface area contributed by atoms with Crippen LogP contribution < -0.4 is 15.0 Å². The second-order valence-corrected chi connectivity index (χ2v) is 9.60. The molecule has 1 unspecified atom stereocenters. The van der Waals surface area contributed by atoms with Crippen molar-refractivity contribution in [3.05, 3.63) is 47.0 Å². The van der Waals surface area contributed by atoms with Gasteiger partial charge in [-0.05, 0) is 33.9 Å². The average Bonchev–Trinajstić information content (AvgIpc) is 2.81. The number of hydrogen-bond donors (Lipinski definition) is 1. The molecule has 0 amide bonds. The number of piperazine rings is 1. The molecule has 5 rings (SSSR count). The van der Waals surface area contributed by atoms with Crippen molar-refractivity contribution in [3.8, 4) is 5.88 Å². The fourth-order valence-corrected chi connectivity index (χ4v) is 4.54. The van der Waals surface area contributed by atoms with Gasteiger partial charge in [0.05, 0.1) is 24.6 Å². The van der Waals surface area contributed by atoms with Gasteiger partial charge in [-0.1, -0.05) is 18.2 Å². The molecule has 0 aliphatic carbocycles. The quantitative estimate of drug-likeness (QED) is 0.520. The number of hydrogen-bond acceptors (Lipinski definition) is 8. The molecular weight excluding hydrogens is 466 g/mol. The van der Waals surface area contributed by atoms with Gasteiger partial charge >= 0.3 is 0 Å². The molecule has 0 radical (unpaired) electrons. The zero-order chi connectivity index (χ0) is 25.4. The van der Waals surface area contributed by atoms with Gasteiger partial charge < -0.3 is 24.6 Å². The number of nitrogens with one attached hydrogen (secondary N) is 1. The molecular formula is C26H32F2N6O2. The van der Waals surface area contributed by atoms with Crippen molar-refractivity contribution >= 4 is 22.5 Å². The van der Waals surface area contributed by atoms with E-state index < -0.39 is 18.0 Å². The molecule has 36 heavy (non-hydrogen) atoms. The number of alkyl halides is 1. The van der Waals surface area contributed by atoms with Crippen LogP contribution in [-0.4, -0.2) is 72.4 Å². The van der Waals surface area contributed by atoms with E-state index in [1.165, 1.54) is 13.0 Å². The number of pyridine rings is 1. The number of likely N-dealkylation sites (N-methyl/N-ethyl adjacent to an activating group) is 1. The van der Waals surface area contributed by atoms with E-state index in [4.69, 9.17) is 14.5 Å². The Hall–Kier alpha value is -3.11. The van der Waals surface area contributed by atoms with E-state index in [1.54, 1.807) is 19.1 Å². The van der Waals surface area contributed by atoms with Crippen LogP contribution in [0.15, 0.2) is 24.3 Å². The van der Waals surface area contributed by atoms with Gasteiger partial charge in [0.2, 0.25) is 5.88 Å². The molecule has 2 aliphatic rings. The minimum atomic E-state index is -1.39. The lowest BCUT2D eigenvalue weighted by molar-refractivity contribution is -0.0810. The highest BCUT2D eigenvalue weighted by Crippen LogP contribution is 2.36. The van der Waals surface area contributed by atoms with Crippen LogP contribution in [0.1, 0.15) is 43.0 Å². The number of benzene rings is 1. The largest absolute Gasteiger partial charge is 0.468 e. The monoisotopic (exact) mass is 498 g/mol. The summed E-state index contributed by atoms with van der Waals surface area (Å²) in [5.41, 5.74) is 1.80. The first kappa shape index (κ1) is 24.6. The summed E-state index contributed by atoms with van der Waals surface area (Å²) >= 11 is 0. The van der Waals surface area contributed by atoms with Crippen LogP contribution in [0.4, 0.5) is 20.3 Å². The van der Waals surface area contributed by atoms with Crippen molar-refractivity contribution in [2.75, 3.05) is 56.7 Å². The van der Waals surface area contributed by atoms with Gasteiger partial charge in [-0.2, -0.15) is 4.98 Å². The summed E-state index contributed by atoms with van der Waals surface area (Å²) in [6.07, 6.45) is -1.43. The van der Waals surface area contributed by atoms with Gasteiger partial charge in [0.15, 0.2) is 5.65 Å². The van der Waals surface area contributed by atoms with E-state index in [0.29, 0.717) is 47.3 Å². The highest BCUT2D eigenvalue weighted by Gasteiger charge is 2.27. The molecule has 2 atom stereocenters. The summed E-state index contributed by atoms with van der Waals surface area (Å²) in [6.45, 7) is 9.57. The van der Waals surface area contributed by atoms with Gasteiger partial charge in [0.1, 0.15) is 35.4 Å². The van der Waals surface area contributed by atoms with Crippen molar-refractivity contribution < 1.29 is 18.3 Å². The van der Waals surface area contributed by atoms with Crippen molar-refractivity contribution in [2.24, 2.45) is 0 Å². The molecule has 2 fully saturated rings. The number of halogens is 2. The summed E-state index contributed by atoms with van der Waals surface area (Å²) in [5.74, 6) is 1.07. The molecule has 2 aromatic heterocycles. The smallest absolute Gasteiger partial charge is 0.240 e. The molecule has 1 aromatic carbocycles. The second kappa shape index (κ2) is 10.1. The predicted octanol–water partition coefficient (Wildman–Crippen LogP) is 4.21. The molecule has 0 bridgehead atoms. The van der Waals surface area contributed by atoms with Crippen molar-refractivity contribution in [2.45, 2.75) is 39.1 Å². The van der Waals surface area contributed by atoms with Crippen molar-refractivity contribution in [1.29, 1.82) is 0 Å². The van der Waals surface area contributed by atoms with Gasteiger partial charge in [0.25, 0.3) is 0 Å². The first-order valence-electron chi connectivity index (χ1n) is 12.4. The Kier molecular flexibility index (Phi) is 6.90. The third-order valence-corrected chi connectivity index (χ3v) is 6.78. The molecule has 4 heterocycles. The number of rotatable bonds is 7. The highest BCUT2D eigenvalue weighted by molar-refractivity contribution is 5.90. The topological polar surface area (TPSA) is 75.6 Å².